The van der Waals surface area contributed by atoms with Crippen LogP contribution in [0.1, 0.15) is 26.7 Å². The van der Waals surface area contributed by atoms with E-state index < -0.39 is 0 Å². The van der Waals surface area contributed by atoms with Gasteiger partial charge in [0.25, 0.3) is 0 Å². The summed E-state index contributed by atoms with van der Waals surface area (Å²) >= 11 is 5.06. The van der Waals surface area contributed by atoms with E-state index in [1.165, 1.54) is 37.2 Å². The molecule has 0 N–H and O–H groups in total. The summed E-state index contributed by atoms with van der Waals surface area (Å²) in [6.07, 6.45) is 2.64. The van der Waals surface area contributed by atoms with Crippen molar-refractivity contribution in [3.63, 3.8) is 0 Å². The molecule has 19 heavy (non-hydrogen) atoms. The van der Waals surface area contributed by atoms with Crippen molar-refractivity contribution in [3.05, 3.63) is 34.2 Å². The van der Waals surface area contributed by atoms with Gasteiger partial charge in [0, 0.05) is 29.7 Å². The number of nitrogens with zero attached hydrogens (tertiary/aromatic N) is 2. The number of hydrogen-bond acceptors (Lipinski definition) is 3. The van der Waals surface area contributed by atoms with E-state index in [1.54, 1.807) is 11.3 Å². The summed E-state index contributed by atoms with van der Waals surface area (Å²) in [5.41, 5.74) is 2.53. The Kier molecular flexibility index (Phi) is 5.40. The Morgan fingerprint density at radius 1 is 1.11 bits per heavy atom. The minimum Gasteiger partial charge on any atom is -0.372 e. The molecular weight excluding hydrogens is 320 g/mol. The standard InChI is InChI=1S/C13H13BrN2S.C2H6/c14-12-9-17-13(15-12)10-3-5-11(6-4-10)16-7-1-2-8-16;1-2/h3-6,9H,1-2,7-8H2;1-2H3. The predicted molar refractivity (Wildman–Crippen MR) is 88.0 cm³/mol. The second kappa shape index (κ2) is 7.06. The maximum Gasteiger partial charge on any atom is 0.124 e. The number of rotatable bonds is 2. The molecule has 102 valence electrons. The third kappa shape index (κ3) is 3.57. The van der Waals surface area contributed by atoms with E-state index in [0.717, 1.165) is 9.61 Å². The summed E-state index contributed by atoms with van der Waals surface area (Å²) in [5, 5.41) is 3.09. The minimum absolute atomic E-state index is 0.918. The topological polar surface area (TPSA) is 16.1 Å². The van der Waals surface area contributed by atoms with Gasteiger partial charge in [-0.2, -0.15) is 0 Å². The zero-order chi connectivity index (χ0) is 13.7. The predicted octanol–water partition coefficient (Wildman–Crippen LogP) is 5.20. The highest BCUT2D eigenvalue weighted by atomic mass is 79.9. The highest BCUT2D eigenvalue weighted by Crippen LogP contribution is 2.28. The van der Waals surface area contributed by atoms with Crippen molar-refractivity contribution in [1.29, 1.82) is 0 Å². The lowest BCUT2D eigenvalue weighted by Crippen LogP contribution is -2.17. The Morgan fingerprint density at radius 2 is 1.74 bits per heavy atom. The van der Waals surface area contributed by atoms with Crippen LogP contribution in [-0.2, 0) is 0 Å². The SMILES string of the molecule is Brc1csc(-c2ccc(N3CCCC3)cc2)n1.CC. The molecule has 0 spiro atoms. The largest absolute Gasteiger partial charge is 0.372 e. The molecule has 4 heteroatoms. The van der Waals surface area contributed by atoms with Gasteiger partial charge in [-0.15, -0.1) is 11.3 Å². The van der Waals surface area contributed by atoms with Crippen LogP contribution in [0.4, 0.5) is 5.69 Å². The lowest BCUT2D eigenvalue weighted by Gasteiger charge is -2.17. The van der Waals surface area contributed by atoms with Crippen LogP contribution in [0, 0.1) is 0 Å². The highest BCUT2D eigenvalue weighted by molar-refractivity contribution is 9.10. The molecule has 0 atom stereocenters. The lowest BCUT2D eigenvalue weighted by molar-refractivity contribution is 0.949. The molecule has 0 unspecified atom stereocenters. The number of aromatic nitrogens is 1. The van der Waals surface area contributed by atoms with Gasteiger partial charge in [0.1, 0.15) is 9.61 Å². The van der Waals surface area contributed by atoms with Gasteiger partial charge in [-0.25, -0.2) is 4.98 Å². The summed E-state index contributed by atoms with van der Waals surface area (Å²) in [7, 11) is 0. The van der Waals surface area contributed by atoms with Crippen LogP contribution in [0.15, 0.2) is 34.2 Å². The second-order valence-electron chi connectivity index (χ2n) is 4.22. The zero-order valence-electron chi connectivity index (χ0n) is 11.4. The Morgan fingerprint density at radius 3 is 2.26 bits per heavy atom. The van der Waals surface area contributed by atoms with Gasteiger partial charge in [0.15, 0.2) is 0 Å². The third-order valence-electron chi connectivity index (χ3n) is 3.06. The number of halogens is 1. The molecule has 2 aromatic rings. The lowest BCUT2D eigenvalue weighted by atomic mass is 10.2. The smallest absolute Gasteiger partial charge is 0.124 e. The van der Waals surface area contributed by atoms with E-state index in [4.69, 9.17) is 0 Å². The summed E-state index contributed by atoms with van der Waals surface area (Å²) in [4.78, 5) is 6.88. The van der Waals surface area contributed by atoms with Crippen molar-refractivity contribution >= 4 is 33.0 Å². The van der Waals surface area contributed by atoms with Crippen LogP contribution in [-0.4, -0.2) is 18.1 Å². The minimum atomic E-state index is 0.918. The number of hydrogen-bond donors (Lipinski definition) is 0. The molecule has 0 radical (unpaired) electrons. The quantitative estimate of drug-likeness (QED) is 0.748. The Hall–Kier alpha value is -0.870. The molecule has 0 bridgehead atoms. The fraction of sp³-hybridized carbons (Fsp3) is 0.400. The normalized spacial score (nSPS) is 14.2. The zero-order valence-corrected chi connectivity index (χ0v) is 13.8. The van der Waals surface area contributed by atoms with E-state index in [-0.39, 0.29) is 0 Å². The van der Waals surface area contributed by atoms with Crippen LogP contribution in [0.2, 0.25) is 0 Å². The van der Waals surface area contributed by atoms with Gasteiger partial charge in [-0.3, -0.25) is 0 Å². The van der Waals surface area contributed by atoms with E-state index in [0.29, 0.717) is 0 Å². The Labute approximate surface area is 127 Å². The molecule has 1 aromatic carbocycles. The first-order valence-corrected chi connectivity index (χ1v) is 8.46. The van der Waals surface area contributed by atoms with Gasteiger partial charge in [-0.1, -0.05) is 13.8 Å². The maximum atomic E-state index is 4.43. The van der Waals surface area contributed by atoms with Gasteiger partial charge in [0.05, 0.1) is 0 Å². The van der Waals surface area contributed by atoms with Gasteiger partial charge >= 0.3 is 0 Å². The second-order valence-corrected chi connectivity index (χ2v) is 5.89. The van der Waals surface area contributed by atoms with Crippen LogP contribution in [0.3, 0.4) is 0 Å². The fourth-order valence-electron chi connectivity index (χ4n) is 2.18. The van der Waals surface area contributed by atoms with Gasteiger partial charge < -0.3 is 4.90 Å². The van der Waals surface area contributed by atoms with Crippen molar-refractivity contribution in [3.8, 4) is 10.6 Å². The summed E-state index contributed by atoms with van der Waals surface area (Å²) in [6, 6.07) is 8.74. The molecule has 1 aliphatic heterocycles. The van der Waals surface area contributed by atoms with Crippen molar-refractivity contribution < 1.29 is 0 Å². The molecule has 1 aliphatic rings. The summed E-state index contributed by atoms with van der Waals surface area (Å²) in [5.74, 6) is 0. The van der Waals surface area contributed by atoms with Crippen molar-refractivity contribution in [2.24, 2.45) is 0 Å². The number of anilines is 1. The first kappa shape index (κ1) is 14.5. The van der Waals surface area contributed by atoms with E-state index in [1.807, 2.05) is 19.2 Å². The molecule has 2 heterocycles. The van der Waals surface area contributed by atoms with Crippen LogP contribution in [0.25, 0.3) is 10.6 Å². The van der Waals surface area contributed by atoms with Gasteiger partial charge in [-0.05, 0) is 53.0 Å². The average Bonchev–Trinajstić information content (AvgIpc) is 3.12. The molecule has 3 rings (SSSR count). The molecule has 1 aromatic heterocycles. The molecule has 0 amide bonds. The van der Waals surface area contributed by atoms with Crippen LogP contribution >= 0.6 is 27.3 Å². The Bertz CT molecular complexity index is 501. The summed E-state index contributed by atoms with van der Waals surface area (Å²) in [6.45, 7) is 6.39. The van der Waals surface area contributed by atoms with Crippen molar-refractivity contribution in [2.45, 2.75) is 26.7 Å². The van der Waals surface area contributed by atoms with E-state index in [2.05, 4.69) is 50.1 Å². The van der Waals surface area contributed by atoms with E-state index >= 15 is 0 Å². The summed E-state index contributed by atoms with van der Waals surface area (Å²) < 4.78 is 0.918. The Balaban J connectivity index is 0.000000637. The molecule has 0 aliphatic carbocycles. The molecular formula is C15H19BrN2S. The van der Waals surface area contributed by atoms with E-state index in [9.17, 15) is 0 Å². The van der Waals surface area contributed by atoms with Crippen molar-refractivity contribution in [2.75, 3.05) is 18.0 Å². The van der Waals surface area contributed by atoms with Crippen LogP contribution < -0.4 is 4.90 Å². The first-order valence-electron chi connectivity index (χ1n) is 6.79. The molecule has 2 nitrogen and oxygen atoms in total. The maximum absolute atomic E-state index is 4.43. The molecule has 1 saturated heterocycles. The first-order chi connectivity index (χ1) is 9.33. The van der Waals surface area contributed by atoms with Crippen molar-refractivity contribution in [1.82, 2.24) is 4.98 Å². The number of benzene rings is 1. The fourth-order valence-corrected chi connectivity index (χ4v) is 3.44. The monoisotopic (exact) mass is 338 g/mol. The third-order valence-corrected chi connectivity index (χ3v) is 4.66. The highest BCUT2D eigenvalue weighted by Gasteiger charge is 2.12. The van der Waals surface area contributed by atoms with Crippen LogP contribution in [0.5, 0.6) is 0 Å². The van der Waals surface area contributed by atoms with Gasteiger partial charge in [0.2, 0.25) is 0 Å². The molecule has 0 saturated carbocycles. The average molecular weight is 339 g/mol. The number of thiazole rings is 1. The molecule has 1 fully saturated rings.